The minimum absolute atomic E-state index is 0.173. The van der Waals surface area contributed by atoms with E-state index >= 15 is 0 Å². The maximum absolute atomic E-state index is 13.7. The van der Waals surface area contributed by atoms with Crippen LogP contribution in [0, 0.1) is 12.7 Å². The highest BCUT2D eigenvalue weighted by Crippen LogP contribution is 2.31. The molecule has 2 rings (SSSR count). The topological polar surface area (TPSA) is 35.2 Å². The third kappa shape index (κ3) is 3.83. The summed E-state index contributed by atoms with van der Waals surface area (Å²) in [5.41, 5.74) is 7.76. The molecule has 0 saturated carbocycles. The molecule has 0 aliphatic rings. The first-order chi connectivity index (χ1) is 10.0. The van der Waals surface area contributed by atoms with E-state index in [1.54, 1.807) is 19.1 Å². The monoisotopic (exact) mass is 351 g/mol. The van der Waals surface area contributed by atoms with E-state index in [-0.39, 0.29) is 18.0 Å². The fourth-order valence-corrected chi connectivity index (χ4v) is 2.61. The molecule has 0 aromatic heterocycles. The first kappa shape index (κ1) is 16.0. The molecule has 2 N–H and O–H groups in total. The molecule has 0 heterocycles. The van der Waals surface area contributed by atoms with Crippen molar-refractivity contribution in [2.45, 2.75) is 32.4 Å². The van der Waals surface area contributed by atoms with Gasteiger partial charge in [-0.25, -0.2) is 4.39 Å². The van der Waals surface area contributed by atoms with Crippen molar-refractivity contribution >= 4 is 15.9 Å². The number of halogens is 2. The number of ether oxygens (including phenoxy) is 1. The minimum atomic E-state index is -0.326. The van der Waals surface area contributed by atoms with Gasteiger partial charge in [0.2, 0.25) is 0 Å². The summed E-state index contributed by atoms with van der Waals surface area (Å²) in [5, 5.41) is 0. The number of rotatable bonds is 5. The molecule has 0 fully saturated rings. The molecule has 2 nitrogen and oxygen atoms in total. The van der Waals surface area contributed by atoms with Crippen molar-refractivity contribution in [2.24, 2.45) is 5.73 Å². The van der Waals surface area contributed by atoms with Gasteiger partial charge in [-0.2, -0.15) is 0 Å². The summed E-state index contributed by atoms with van der Waals surface area (Å²) in [4.78, 5) is 0. The van der Waals surface area contributed by atoms with Crippen molar-refractivity contribution in [1.82, 2.24) is 0 Å². The van der Waals surface area contributed by atoms with E-state index in [9.17, 15) is 4.39 Å². The zero-order valence-corrected chi connectivity index (χ0v) is 13.7. The molecule has 112 valence electrons. The predicted molar refractivity (Wildman–Crippen MR) is 86.9 cm³/mol. The summed E-state index contributed by atoms with van der Waals surface area (Å²) in [7, 11) is 0. The second-order valence-corrected chi connectivity index (χ2v) is 5.90. The quantitative estimate of drug-likeness (QED) is 0.843. The minimum Gasteiger partial charge on any atom is -0.484 e. The normalized spacial score (nSPS) is 13.8. The summed E-state index contributed by atoms with van der Waals surface area (Å²) >= 11 is 3.52. The van der Waals surface area contributed by atoms with Crippen molar-refractivity contribution in [1.29, 1.82) is 0 Å². The fourth-order valence-electron chi connectivity index (χ4n) is 2.09. The Kier molecular flexibility index (Phi) is 5.37. The lowest BCUT2D eigenvalue weighted by molar-refractivity contribution is 0.169. The van der Waals surface area contributed by atoms with E-state index in [1.165, 1.54) is 6.07 Å². The number of nitrogens with two attached hydrogens (primary N) is 1. The van der Waals surface area contributed by atoms with Crippen LogP contribution in [0.5, 0.6) is 5.75 Å². The van der Waals surface area contributed by atoms with E-state index in [0.717, 1.165) is 16.5 Å². The molecule has 0 amide bonds. The van der Waals surface area contributed by atoms with E-state index in [2.05, 4.69) is 15.9 Å². The molecule has 2 aromatic carbocycles. The summed E-state index contributed by atoms with van der Waals surface area (Å²) in [5.74, 6) is 0.214. The van der Waals surface area contributed by atoms with Gasteiger partial charge in [0.25, 0.3) is 0 Å². The lowest BCUT2D eigenvalue weighted by Gasteiger charge is -2.25. The van der Waals surface area contributed by atoms with Crippen molar-refractivity contribution in [3.63, 3.8) is 0 Å². The van der Waals surface area contributed by atoms with Crippen LogP contribution in [0.4, 0.5) is 4.39 Å². The molecule has 0 aliphatic carbocycles. The highest BCUT2D eigenvalue weighted by molar-refractivity contribution is 9.10. The van der Waals surface area contributed by atoms with Crippen LogP contribution in [0.2, 0.25) is 0 Å². The van der Waals surface area contributed by atoms with Gasteiger partial charge < -0.3 is 10.5 Å². The van der Waals surface area contributed by atoms with E-state index in [0.29, 0.717) is 11.3 Å². The van der Waals surface area contributed by atoms with Gasteiger partial charge in [0.05, 0.1) is 0 Å². The van der Waals surface area contributed by atoms with Gasteiger partial charge in [0, 0.05) is 22.1 Å². The first-order valence-corrected chi connectivity index (χ1v) is 7.75. The first-order valence-electron chi connectivity index (χ1n) is 6.95. The maximum Gasteiger partial charge on any atom is 0.140 e. The molecule has 2 unspecified atom stereocenters. The zero-order chi connectivity index (χ0) is 15.4. The van der Waals surface area contributed by atoms with E-state index in [1.807, 2.05) is 31.2 Å². The van der Waals surface area contributed by atoms with Crippen LogP contribution >= 0.6 is 15.9 Å². The van der Waals surface area contributed by atoms with Gasteiger partial charge in [-0.05, 0) is 31.0 Å². The van der Waals surface area contributed by atoms with Crippen LogP contribution < -0.4 is 10.5 Å². The van der Waals surface area contributed by atoms with E-state index in [4.69, 9.17) is 10.5 Å². The average Bonchev–Trinajstić information content (AvgIpc) is 2.48. The molecular weight excluding hydrogens is 333 g/mol. The smallest absolute Gasteiger partial charge is 0.140 e. The Hall–Kier alpha value is -1.39. The second-order valence-electron chi connectivity index (χ2n) is 5.04. The van der Waals surface area contributed by atoms with Gasteiger partial charge in [0.1, 0.15) is 17.7 Å². The molecule has 4 heteroatoms. The average molecular weight is 352 g/mol. The Bertz CT molecular complexity index is 617. The number of aryl methyl sites for hydroxylation is 1. The Morgan fingerprint density at radius 2 is 1.95 bits per heavy atom. The summed E-state index contributed by atoms with van der Waals surface area (Å²) in [6.45, 7) is 3.73. The Labute approximate surface area is 133 Å². The molecule has 0 radical (unpaired) electrons. The van der Waals surface area contributed by atoms with Crippen LogP contribution in [0.3, 0.4) is 0 Å². The van der Waals surface area contributed by atoms with Crippen molar-refractivity contribution in [3.05, 3.63) is 63.9 Å². The van der Waals surface area contributed by atoms with Gasteiger partial charge in [-0.3, -0.25) is 0 Å². The van der Waals surface area contributed by atoms with Crippen LogP contribution in [0.25, 0.3) is 0 Å². The lowest BCUT2D eigenvalue weighted by atomic mass is 10.0. The van der Waals surface area contributed by atoms with Gasteiger partial charge in [-0.15, -0.1) is 0 Å². The summed E-state index contributed by atoms with van der Waals surface area (Å²) in [6.07, 6.45) is 0.438. The van der Waals surface area contributed by atoms with Crippen LogP contribution in [0.15, 0.2) is 46.9 Å². The fraction of sp³-hybridized carbons (Fsp3) is 0.294. The molecule has 2 atom stereocenters. The maximum atomic E-state index is 13.7. The molecule has 21 heavy (non-hydrogen) atoms. The van der Waals surface area contributed by atoms with Crippen LogP contribution in [-0.4, -0.2) is 6.04 Å². The summed E-state index contributed by atoms with van der Waals surface area (Å²) in [6, 6.07) is 12.5. The van der Waals surface area contributed by atoms with Crippen LogP contribution in [0.1, 0.15) is 30.6 Å². The Morgan fingerprint density at radius 1 is 1.24 bits per heavy atom. The third-order valence-electron chi connectivity index (χ3n) is 3.48. The Balaban J connectivity index is 2.33. The standard InChI is InChI=1S/C17H19BrFNO/c1-3-16(20)17(13-6-4-5-7-14(13)18)21-12-9-8-11(2)15(19)10-12/h4-10,16-17H,3,20H2,1-2H3. The van der Waals surface area contributed by atoms with Crippen LogP contribution in [-0.2, 0) is 0 Å². The van der Waals surface area contributed by atoms with E-state index < -0.39 is 0 Å². The predicted octanol–water partition coefficient (Wildman–Crippen LogP) is 4.75. The number of hydrogen-bond donors (Lipinski definition) is 1. The molecule has 0 saturated heterocycles. The third-order valence-corrected chi connectivity index (χ3v) is 4.20. The SMILES string of the molecule is CCC(N)C(Oc1ccc(C)c(F)c1)c1ccccc1Br. The number of benzene rings is 2. The highest BCUT2D eigenvalue weighted by atomic mass is 79.9. The van der Waals surface area contributed by atoms with Crippen molar-refractivity contribution in [2.75, 3.05) is 0 Å². The van der Waals surface area contributed by atoms with Gasteiger partial charge in [-0.1, -0.05) is 47.1 Å². The highest BCUT2D eigenvalue weighted by Gasteiger charge is 2.22. The second kappa shape index (κ2) is 7.05. The summed E-state index contributed by atoms with van der Waals surface area (Å²) < 4.78 is 20.6. The van der Waals surface area contributed by atoms with Gasteiger partial charge >= 0.3 is 0 Å². The van der Waals surface area contributed by atoms with Crippen molar-refractivity contribution in [3.8, 4) is 5.75 Å². The molecule has 2 aromatic rings. The largest absolute Gasteiger partial charge is 0.484 e. The molecular formula is C17H19BrFNO. The number of hydrogen-bond acceptors (Lipinski definition) is 2. The Morgan fingerprint density at radius 3 is 2.57 bits per heavy atom. The van der Waals surface area contributed by atoms with Gasteiger partial charge in [0.15, 0.2) is 0 Å². The molecule has 0 aliphatic heterocycles. The lowest BCUT2D eigenvalue weighted by Crippen LogP contribution is -2.31. The molecule has 0 bridgehead atoms. The van der Waals surface area contributed by atoms with Crippen molar-refractivity contribution < 1.29 is 9.13 Å². The zero-order valence-electron chi connectivity index (χ0n) is 12.1. The molecule has 0 spiro atoms.